The van der Waals surface area contributed by atoms with E-state index in [0.29, 0.717) is 36.9 Å². The van der Waals surface area contributed by atoms with Crippen molar-refractivity contribution >= 4 is 33.4 Å². The van der Waals surface area contributed by atoms with E-state index in [4.69, 9.17) is 0 Å². The van der Waals surface area contributed by atoms with Crippen molar-refractivity contribution in [1.82, 2.24) is 10.2 Å². The molecule has 0 atom stereocenters. The Morgan fingerprint density at radius 3 is 2.30 bits per heavy atom. The van der Waals surface area contributed by atoms with E-state index >= 15 is 0 Å². The molecule has 1 N–H and O–H groups in total. The smallest absolute Gasteiger partial charge is 0.234 e. The van der Waals surface area contributed by atoms with Crippen LogP contribution in [0.15, 0.2) is 0 Å². The fourth-order valence-corrected chi connectivity index (χ4v) is 6.07. The van der Waals surface area contributed by atoms with Crippen LogP contribution in [0.25, 0.3) is 0 Å². The standard InChI is InChI=1S/C15H26N2O4S2/c1-16-14(18)11-23(20,21)13-6-8-17(9-7-13)15(19)10-22-12-4-2-3-5-12/h12-13H,2-11H2,1H3,(H,16,18). The summed E-state index contributed by atoms with van der Waals surface area (Å²) in [6, 6.07) is 0. The Bertz CT molecular complexity index is 522. The first kappa shape index (κ1) is 18.6. The Labute approximate surface area is 142 Å². The topological polar surface area (TPSA) is 83.6 Å². The van der Waals surface area contributed by atoms with Gasteiger partial charge in [-0.15, -0.1) is 11.8 Å². The first-order chi connectivity index (χ1) is 10.9. The highest BCUT2D eigenvalue weighted by Crippen LogP contribution is 2.29. The third kappa shape index (κ3) is 5.38. The second-order valence-electron chi connectivity index (χ2n) is 6.28. The third-order valence-corrected chi connectivity index (χ3v) is 8.17. The summed E-state index contributed by atoms with van der Waals surface area (Å²) in [4.78, 5) is 25.3. The molecule has 0 aromatic rings. The minimum absolute atomic E-state index is 0.115. The highest BCUT2D eigenvalue weighted by atomic mass is 32.2. The molecule has 0 aromatic carbocycles. The minimum Gasteiger partial charge on any atom is -0.358 e. The highest BCUT2D eigenvalue weighted by molar-refractivity contribution is 8.00. The molecule has 0 spiro atoms. The zero-order valence-corrected chi connectivity index (χ0v) is 15.3. The SMILES string of the molecule is CNC(=O)CS(=O)(=O)C1CCN(C(=O)CSC2CCCC2)CC1. The second kappa shape index (κ2) is 8.37. The maximum Gasteiger partial charge on any atom is 0.234 e. The van der Waals surface area contributed by atoms with Gasteiger partial charge in [0, 0.05) is 25.4 Å². The molecule has 1 aliphatic heterocycles. The van der Waals surface area contributed by atoms with Crippen molar-refractivity contribution in [2.45, 2.75) is 49.0 Å². The molecule has 0 bridgehead atoms. The van der Waals surface area contributed by atoms with Crippen LogP contribution < -0.4 is 5.32 Å². The average molecular weight is 363 g/mol. The Morgan fingerprint density at radius 2 is 1.74 bits per heavy atom. The molecule has 2 rings (SSSR count). The Hall–Kier alpha value is -0.760. The molecular weight excluding hydrogens is 336 g/mol. The van der Waals surface area contributed by atoms with E-state index in [-0.39, 0.29) is 5.91 Å². The predicted molar refractivity (Wildman–Crippen MR) is 92.2 cm³/mol. The molecular formula is C15H26N2O4S2. The van der Waals surface area contributed by atoms with Crippen LogP contribution in [0.3, 0.4) is 0 Å². The number of nitrogens with zero attached hydrogens (tertiary/aromatic N) is 1. The molecule has 2 aliphatic rings. The largest absolute Gasteiger partial charge is 0.358 e. The fraction of sp³-hybridized carbons (Fsp3) is 0.867. The molecule has 1 saturated carbocycles. The summed E-state index contributed by atoms with van der Waals surface area (Å²) in [7, 11) is -1.99. The van der Waals surface area contributed by atoms with E-state index in [1.807, 2.05) is 0 Å². The van der Waals surface area contributed by atoms with E-state index in [1.54, 1.807) is 16.7 Å². The van der Waals surface area contributed by atoms with Gasteiger partial charge in [-0.05, 0) is 25.7 Å². The first-order valence-corrected chi connectivity index (χ1v) is 11.0. The van der Waals surface area contributed by atoms with Crippen molar-refractivity contribution in [1.29, 1.82) is 0 Å². The van der Waals surface area contributed by atoms with E-state index in [0.717, 1.165) is 0 Å². The molecule has 1 aliphatic carbocycles. The van der Waals surface area contributed by atoms with Gasteiger partial charge in [-0.3, -0.25) is 9.59 Å². The zero-order valence-electron chi connectivity index (χ0n) is 13.6. The number of nitrogens with one attached hydrogen (secondary N) is 1. The van der Waals surface area contributed by atoms with Crippen LogP contribution in [0.2, 0.25) is 0 Å². The van der Waals surface area contributed by atoms with E-state index < -0.39 is 26.7 Å². The summed E-state index contributed by atoms with van der Waals surface area (Å²) in [6.45, 7) is 0.948. The quantitative estimate of drug-likeness (QED) is 0.756. The monoisotopic (exact) mass is 362 g/mol. The lowest BCUT2D eigenvalue weighted by atomic mass is 10.1. The summed E-state index contributed by atoms with van der Waals surface area (Å²) < 4.78 is 24.3. The summed E-state index contributed by atoms with van der Waals surface area (Å²) in [6.07, 6.45) is 5.80. The Morgan fingerprint density at radius 1 is 1.13 bits per heavy atom. The minimum atomic E-state index is -3.42. The summed E-state index contributed by atoms with van der Waals surface area (Å²) in [5.41, 5.74) is 0. The van der Waals surface area contributed by atoms with Crippen LogP contribution in [0.4, 0.5) is 0 Å². The summed E-state index contributed by atoms with van der Waals surface area (Å²) in [5.74, 6) is -0.319. The van der Waals surface area contributed by atoms with E-state index in [9.17, 15) is 18.0 Å². The van der Waals surface area contributed by atoms with Crippen molar-refractivity contribution in [2.24, 2.45) is 0 Å². The number of hydrogen-bond donors (Lipinski definition) is 1. The van der Waals surface area contributed by atoms with Crippen LogP contribution >= 0.6 is 11.8 Å². The van der Waals surface area contributed by atoms with Crippen LogP contribution in [-0.2, 0) is 19.4 Å². The van der Waals surface area contributed by atoms with Crippen LogP contribution in [0, 0.1) is 0 Å². The van der Waals surface area contributed by atoms with Gasteiger partial charge in [-0.1, -0.05) is 12.8 Å². The number of rotatable bonds is 6. The lowest BCUT2D eigenvalue weighted by Gasteiger charge is -2.31. The zero-order chi connectivity index (χ0) is 16.9. The van der Waals surface area contributed by atoms with Gasteiger partial charge in [-0.25, -0.2) is 8.42 Å². The molecule has 1 heterocycles. The molecule has 0 radical (unpaired) electrons. The maximum atomic E-state index is 12.2. The van der Waals surface area contributed by atoms with Crippen molar-refractivity contribution in [2.75, 3.05) is 31.6 Å². The average Bonchev–Trinajstić information content (AvgIpc) is 3.05. The predicted octanol–water partition coefficient (Wildman–Crippen LogP) is 0.814. The Balaban J connectivity index is 1.76. The van der Waals surface area contributed by atoms with E-state index in [2.05, 4.69) is 5.32 Å². The maximum absolute atomic E-state index is 12.2. The van der Waals surface area contributed by atoms with Gasteiger partial charge in [0.25, 0.3) is 0 Å². The van der Waals surface area contributed by atoms with Crippen LogP contribution in [-0.4, -0.2) is 67.3 Å². The van der Waals surface area contributed by atoms with Gasteiger partial charge in [-0.2, -0.15) is 0 Å². The fourth-order valence-electron chi connectivity index (χ4n) is 3.17. The highest BCUT2D eigenvalue weighted by Gasteiger charge is 2.32. The van der Waals surface area contributed by atoms with Gasteiger partial charge in [0.1, 0.15) is 5.75 Å². The van der Waals surface area contributed by atoms with Crippen LogP contribution in [0.5, 0.6) is 0 Å². The van der Waals surface area contributed by atoms with Crippen molar-refractivity contribution in [3.05, 3.63) is 0 Å². The molecule has 132 valence electrons. The molecule has 0 aromatic heterocycles. The lowest BCUT2D eigenvalue weighted by molar-refractivity contribution is -0.129. The molecule has 23 heavy (non-hydrogen) atoms. The van der Waals surface area contributed by atoms with Gasteiger partial charge < -0.3 is 10.2 Å². The van der Waals surface area contributed by atoms with Crippen molar-refractivity contribution < 1.29 is 18.0 Å². The first-order valence-electron chi connectivity index (χ1n) is 8.24. The van der Waals surface area contributed by atoms with Gasteiger partial charge in [0.2, 0.25) is 11.8 Å². The van der Waals surface area contributed by atoms with Crippen molar-refractivity contribution in [3.63, 3.8) is 0 Å². The molecule has 0 unspecified atom stereocenters. The number of carbonyl (C=O) groups is 2. The van der Waals surface area contributed by atoms with Gasteiger partial charge >= 0.3 is 0 Å². The number of carbonyl (C=O) groups excluding carboxylic acids is 2. The van der Waals surface area contributed by atoms with Gasteiger partial charge in [0.15, 0.2) is 9.84 Å². The number of sulfone groups is 1. The van der Waals surface area contributed by atoms with Crippen molar-refractivity contribution in [3.8, 4) is 0 Å². The third-order valence-electron chi connectivity index (χ3n) is 4.66. The summed E-state index contributed by atoms with van der Waals surface area (Å²) in [5, 5.41) is 2.45. The number of hydrogen-bond acceptors (Lipinski definition) is 5. The van der Waals surface area contributed by atoms with Gasteiger partial charge in [0.05, 0.1) is 11.0 Å². The number of piperidine rings is 1. The lowest BCUT2D eigenvalue weighted by Crippen LogP contribution is -2.45. The molecule has 2 amide bonds. The Kier molecular flexibility index (Phi) is 6.76. The molecule has 6 nitrogen and oxygen atoms in total. The summed E-state index contributed by atoms with van der Waals surface area (Å²) >= 11 is 1.74. The number of amides is 2. The normalized spacial score (nSPS) is 20.7. The second-order valence-corrected chi connectivity index (χ2v) is 9.85. The number of likely N-dealkylation sites (tertiary alicyclic amines) is 1. The molecule has 1 saturated heterocycles. The van der Waals surface area contributed by atoms with E-state index in [1.165, 1.54) is 32.7 Å². The van der Waals surface area contributed by atoms with Crippen LogP contribution in [0.1, 0.15) is 38.5 Å². The molecule has 2 fully saturated rings. The number of thioether (sulfide) groups is 1. The molecule has 8 heteroatoms.